The summed E-state index contributed by atoms with van der Waals surface area (Å²) in [5.74, 6) is 4.24. The van der Waals surface area contributed by atoms with Crippen LogP contribution in [0.3, 0.4) is 0 Å². The van der Waals surface area contributed by atoms with Gasteiger partial charge < -0.3 is 10.2 Å². The van der Waals surface area contributed by atoms with Crippen LogP contribution in [0, 0.1) is 17.7 Å². The Bertz CT molecular complexity index is 350. The third-order valence-corrected chi connectivity index (χ3v) is 1.42. The molecule has 3 heteroatoms. The Labute approximate surface area is 75.6 Å². The Morgan fingerprint density at radius 1 is 1.38 bits per heavy atom. The Kier molecular flexibility index (Phi) is 3.30. The van der Waals surface area contributed by atoms with Crippen LogP contribution in [0.5, 0.6) is 5.75 Å². The molecular formula is C10H9FO2. The summed E-state index contributed by atoms with van der Waals surface area (Å²) in [5.41, 5.74) is 0.490. The van der Waals surface area contributed by atoms with E-state index in [9.17, 15) is 4.39 Å². The van der Waals surface area contributed by atoms with Crippen molar-refractivity contribution >= 4 is 0 Å². The summed E-state index contributed by atoms with van der Waals surface area (Å²) in [6.45, 7) is -0.00638. The molecule has 0 saturated carbocycles. The summed E-state index contributed by atoms with van der Waals surface area (Å²) in [5, 5.41) is 17.3. The standard InChI is InChI=1S/C10H9FO2/c11-9-7-8(3-1-2-6-12)4-5-10(9)13/h4-5,7,12-13H,2,6H2. The van der Waals surface area contributed by atoms with Crippen LogP contribution >= 0.6 is 0 Å². The van der Waals surface area contributed by atoms with Crippen molar-refractivity contribution in [1.29, 1.82) is 0 Å². The van der Waals surface area contributed by atoms with Crippen LogP contribution < -0.4 is 0 Å². The predicted molar refractivity (Wildman–Crippen MR) is 46.6 cm³/mol. The van der Waals surface area contributed by atoms with Gasteiger partial charge in [0.2, 0.25) is 0 Å². The maximum atomic E-state index is 12.7. The van der Waals surface area contributed by atoms with E-state index in [1.165, 1.54) is 12.1 Å². The lowest BCUT2D eigenvalue weighted by Crippen LogP contribution is -1.80. The van der Waals surface area contributed by atoms with E-state index in [2.05, 4.69) is 11.8 Å². The Hall–Kier alpha value is -1.53. The van der Waals surface area contributed by atoms with Crippen molar-refractivity contribution in [3.8, 4) is 17.6 Å². The lowest BCUT2D eigenvalue weighted by molar-refractivity contribution is 0.305. The zero-order chi connectivity index (χ0) is 9.68. The fourth-order valence-corrected chi connectivity index (χ4v) is 0.805. The van der Waals surface area contributed by atoms with Gasteiger partial charge in [-0.2, -0.15) is 0 Å². The number of benzene rings is 1. The first-order valence-corrected chi connectivity index (χ1v) is 3.82. The molecule has 0 aromatic heterocycles. The summed E-state index contributed by atoms with van der Waals surface area (Å²) >= 11 is 0. The van der Waals surface area contributed by atoms with Crippen molar-refractivity contribution in [2.45, 2.75) is 6.42 Å². The molecule has 0 amide bonds. The number of hydrogen-bond acceptors (Lipinski definition) is 2. The summed E-state index contributed by atoms with van der Waals surface area (Å²) in [7, 11) is 0. The van der Waals surface area contributed by atoms with Gasteiger partial charge in [-0.1, -0.05) is 11.8 Å². The zero-order valence-electron chi connectivity index (χ0n) is 6.92. The van der Waals surface area contributed by atoms with Gasteiger partial charge in [0.15, 0.2) is 11.6 Å². The fourth-order valence-electron chi connectivity index (χ4n) is 0.805. The molecule has 1 aromatic rings. The highest BCUT2D eigenvalue weighted by Crippen LogP contribution is 2.15. The van der Waals surface area contributed by atoms with Gasteiger partial charge in [-0.25, -0.2) is 4.39 Å². The van der Waals surface area contributed by atoms with E-state index in [1.54, 1.807) is 0 Å². The molecule has 0 atom stereocenters. The minimum Gasteiger partial charge on any atom is -0.505 e. The molecule has 0 spiro atoms. The van der Waals surface area contributed by atoms with Gasteiger partial charge in [-0.3, -0.25) is 0 Å². The number of phenolic OH excluding ortho intramolecular Hbond substituents is 1. The Morgan fingerprint density at radius 2 is 2.15 bits per heavy atom. The molecule has 68 valence electrons. The van der Waals surface area contributed by atoms with E-state index < -0.39 is 5.82 Å². The van der Waals surface area contributed by atoms with Crippen molar-refractivity contribution in [3.63, 3.8) is 0 Å². The quantitative estimate of drug-likeness (QED) is 0.639. The van der Waals surface area contributed by atoms with Gasteiger partial charge in [0, 0.05) is 12.0 Å². The molecule has 0 unspecified atom stereocenters. The molecule has 2 nitrogen and oxygen atoms in total. The SMILES string of the molecule is OCCC#Cc1ccc(O)c(F)c1. The van der Waals surface area contributed by atoms with Crippen LogP contribution in [0.2, 0.25) is 0 Å². The highest BCUT2D eigenvalue weighted by Gasteiger charge is 1.98. The number of aliphatic hydroxyl groups excluding tert-OH is 1. The normalized spacial score (nSPS) is 9.08. The molecule has 0 aliphatic rings. The number of aliphatic hydroxyl groups is 1. The first-order valence-electron chi connectivity index (χ1n) is 3.82. The van der Waals surface area contributed by atoms with Crippen LogP contribution in [-0.4, -0.2) is 16.8 Å². The van der Waals surface area contributed by atoms with E-state index in [0.717, 1.165) is 6.07 Å². The Morgan fingerprint density at radius 3 is 2.77 bits per heavy atom. The van der Waals surface area contributed by atoms with Crippen molar-refractivity contribution < 1.29 is 14.6 Å². The van der Waals surface area contributed by atoms with E-state index in [1.807, 2.05) is 0 Å². The van der Waals surface area contributed by atoms with Crippen LogP contribution in [-0.2, 0) is 0 Å². The minimum absolute atomic E-state index is 0.00638. The molecule has 1 aromatic carbocycles. The van der Waals surface area contributed by atoms with Gasteiger partial charge in [-0.05, 0) is 18.2 Å². The van der Waals surface area contributed by atoms with Gasteiger partial charge in [0.25, 0.3) is 0 Å². The molecule has 0 heterocycles. The van der Waals surface area contributed by atoms with Crippen molar-refractivity contribution in [2.24, 2.45) is 0 Å². The second-order valence-electron chi connectivity index (χ2n) is 2.44. The first kappa shape index (κ1) is 9.56. The summed E-state index contributed by atoms with van der Waals surface area (Å²) in [6.07, 6.45) is 0.364. The molecule has 0 radical (unpaired) electrons. The van der Waals surface area contributed by atoms with E-state index in [-0.39, 0.29) is 12.4 Å². The van der Waals surface area contributed by atoms with Crippen LogP contribution in [0.25, 0.3) is 0 Å². The molecule has 0 saturated heterocycles. The zero-order valence-corrected chi connectivity index (χ0v) is 6.92. The smallest absolute Gasteiger partial charge is 0.166 e. The topological polar surface area (TPSA) is 40.5 Å². The summed E-state index contributed by atoms with van der Waals surface area (Å²) in [4.78, 5) is 0. The molecule has 0 aliphatic heterocycles. The molecule has 2 N–H and O–H groups in total. The lowest BCUT2D eigenvalue weighted by Gasteiger charge is -1.94. The maximum absolute atomic E-state index is 12.7. The largest absolute Gasteiger partial charge is 0.505 e. The van der Waals surface area contributed by atoms with E-state index in [4.69, 9.17) is 10.2 Å². The maximum Gasteiger partial charge on any atom is 0.166 e. The Balaban J connectivity index is 2.81. The van der Waals surface area contributed by atoms with E-state index >= 15 is 0 Å². The number of hydrogen-bond donors (Lipinski definition) is 2. The molecule has 0 aliphatic carbocycles. The first-order chi connectivity index (χ1) is 6.24. The summed E-state index contributed by atoms with van der Waals surface area (Å²) < 4.78 is 12.7. The second kappa shape index (κ2) is 4.48. The van der Waals surface area contributed by atoms with Gasteiger partial charge in [0.1, 0.15) is 0 Å². The monoisotopic (exact) mass is 180 g/mol. The van der Waals surface area contributed by atoms with Crippen molar-refractivity contribution in [3.05, 3.63) is 29.6 Å². The molecular weight excluding hydrogens is 171 g/mol. The molecule has 0 fully saturated rings. The number of phenols is 1. The van der Waals surface area contributed by atoms with Crippen molar-refractivity contribution in [2.75, 3.05) is 6.61 Å². The number of aromatic hydroxyl groups is 1. The van der Waals surface area contributed by atoms with Crippen LogP contribution in [0.1, 0.15) is 12.0 Å². The average molecular weight is 180 g/mol. The fraction of sp³-hybridized carbons (Fsp3) is 0.200. The minimum atomic E-state index is -0.684. The predicted octanol–water partition coefficient (Wildman–Crippen LogP) is 1.27. The highest BCUT2D eigenvalue weighted by atomic mass is 19.1. The lowest BCUT2D eigenvalue weighted by atomic mass is 10.2. The van der Waals surface area contributed by atoms with Crippen molar-refractivity contribution in [1.82, 2.24) is 0 Å². The molecule has 1 rings (SSSR count). The molecule has 13 heavy (non-hydrogen) atoms. The third kappa shape index (κ3) is 2.77. The average Bonchev–Trinajstić information content (AvgIpc) is 2.12. The number of rotatable bonds is 1. The van der Waals surface area contributed by atoms with Gasteiger partial charge in [-0.15, -0.1) is 0 Å². The summed E-state index contributed by atoms with van der Waals surface area (Å²) in [6, 6.07) is 3.92. The van der Waals surface area contributed by atoms with Gasteiger partial charge >= 0.3 is 0 Å². The number of halogens is 1. The molecule has 0 bridgehead atoms. The van der Waals surface area contributed by atoms with Gasteiger partial charge in [0.05, 0.1) is 6.61 Å². The highest BCUT2D eigenvalue weighted by molar-refractivity contribution is 5.38. The van der Waals surface area contributed by atoms with Crippen LogP contribution in [0.15, 0.2) is 18.2 Å². The second-order valence-corrected chi connectivity index (χ2v) is 2.44. The van der Waals surface area contributed by atoms with Crippen LogP contribution in [0.4, 0.5) is 4.39 Å². The van der Waals surface area contributed by atoms with E-state index in [0.29, 0.717) is 12.0 Å². The third-order valence-electron chi connectivity index (χ3n) is 1.42.